The molecule has 1 aliphatic rings. The minimum absolute atomic E-state index is 0.0433. The highest BCUT2D eigenvalue weighted by atomic mass is 16.5. The van der Waals surface area contributed by atoms with Crippen LogP contribution in [0.3, 0.4) is 0 Å². The first-order valence-corrected chi connectivity index (χ1v) is 7.94. The molecule has 124 valence electrons. The standard InChI is InChI=1S/C19H20N2O3/c1-12-6-7-14(10-17(12)24-2)19(23)21-16-5-3-4-15(11-16)20-18(22)13-8-9-13/h3-7,10-11,13H,8-9H2,1-2H3,(H,20,22)(H,21,23). The van der Waals surface area contributed by atoms with E-state index in [9.17, 15) is 9.59 Å². The number of carbonyl (C=O) groups is 2. The molecule has 24 heavy (non-hydrogen) atoms. The van der Waals surface area contributed by atoms with Gasteiger partial charge in [0.25, 0.3) is 5.91 Å². The number of ether oxygens (including phenoxy) is 1. The van der Waals surface area contributed by atoms with Gasteiger partial charge in [0.1, 0.15) is 5.75 Å². The quantitative estimate of drug-likeness (QED) is 0.883. The van der Waals surface area contributed by atoms with Gasteiger partial charge in [0.05, 0.1) is 7.11 Å². The Morgan fingerprint density at radius 1 is 1.04 bits per heavy atom. The molecule has 1 saturated carbocycles. The van der Waals surface area contributed by atoms with Gasteiger partial charge in [0, 0.05) is 22.9 Å². The van der Waals surface area contributed by atoms with Crippen molar-refractivity contribution in [2.75, 3.05) is 17.7 Å². The smallest absolute Gasteiger partial charge is 0.255 e. The lowest BCUT2D eigenvalue weighted by atomic mass is 10.1. The second kappa shape index (κ2) is 6.74. The van der Waals surface area contributed by atoms with E-state index in [0.717, 1.165) is 18.4 Å². The largest absolute Gasteiger partial charge is 0.496 e. The molecular formula is C19H20N2O3. The number of anilines is 2. The lowest BCUT2D eigenvalue weighted by Crippen LogP contribution is -2.15. The van der Waals surface area contributed by atoms with E-state index < -0.39 is 0 Å². The van der Waals surface area contributed by atoms with Crippen LogP contribution in [0.1, 0.15) is 28.8 Å². The highest BCUT2D eigenvalue weighted by Gasteiger charge is 2.29. The molecule has 0 aliphatic heterocycles. The second-order valence-corrected chi connectivity index (χ2v) is 5.98. The number of hydrogen-bond donors (Lipinski definition) is 2. The number of benzene rings is 2. The Bertz CT molecular complexity index is 782. The summed E-state index contributed by atoms with van der Waals surface area (Å²) >= 11 is 0. The average Bonchev–Trinajstić information content (AvgIpc) is 3.40. The van der Waals surface area contributed by atoms with Crippen molar-refractivity contribution < 1.29 is 14.3 Å². The normalized spacial score (nSPS) is 13.2. The minimum atomic E-state index is -0.223. The van der Waals surface area contributed by atoms with E-state index in [0.29, 0.717) is 22.7 Å². The van der Waals surface area contributed by atoms with Crippen LogP contribution in [0.2, 0.25) is 0 Å². The predicted molar refractivity (Wildman–Crippen MR) is 93.5 cm³/mol. The van der Waals surface area contributed by atoms with Crippen LogP contribution >= 0.6 is 0 Å². The topological polar surface area (TPSA) is 67.4 Å². The van der Waals surface area contributed by atoms with Crippen molar-refractivity contribution in [3.8, 4) is 5.75 Å². The third-order valence-corrected chi connectivity index (χ3v) is 4.01. The molecule has 5 heteroatoms. The van der Waals surface area contributed by atoms with E-state index in [-0.39, 0.29) is 17.7 Å². The number of aryl methyl sites for hydroxylation is 1. The van der Waals surface area contributed by atoms with Crippen molar-refractivity contribution in [1.82, 2.24) is 0 Å². The van der Waals surface area contributed by atoms with Gasteiger partial charge in [0.15, 0.2) is 0 Å². The molecule has 0 radical (unpaired) electrons. The van der Waals surface area contributed by atoms with Gasteiger partial charge in [-0.1, -0.05) is 12.1 Å². The zero-order valence-corrected chi connectivity index (χ0v) is 13.8. The average molecular weight is 324 g/mol. The van der Waals surface area contributed by atoms with Gasteiger partial charge in [0.2, 0.25) is 5.91 Å². The summed E-state index contributed by atoms with van der Waals surface area (Å²) in [7, 11) is 1.58. The molecule has 0 spiro atoms. The number of nitrogens with one attached hydrogen (secondary N) is 2. The maximum Gasteiger partial charge on any atom is 0.255 e. The monoisotopic (exact) mass is 324 g/mol. The number of hydrogen-bond acceptors (Lipinski definition) is 3. The molecule has 0 atom stereocenters. The van der Waals surface area contributed by atoms with E-state index in [2.05, 4.69) is 10.6 Å². The van der Waals surface area contributed by atoms with E-state index in [1.807, 2.05) is 19.1 Å². The van der Waals surface area contributed by atoms with Crippen LogP contribution in [0.5, 0.6) is 5.75 Å². The third kappa shape index (κ3) is 3.74. The Labute approximate surface area is 141 Å². The first-order chi connectivity index (χ1) is 11.6. The lowest BCUT2D eigenvalue weighted by molar-refractivity contribution is -0.117. The first-order valence-electron chi connectivity index (χ1n) is 7.94. The first kappa shape index (κ1) is 16.1. The fraction of sp³-hybridized carbons (Fsp3) is 0.263. The molecule has 2 amide bonds. The van der Waals surface area contributed by atoms with Crippen molar-refractivity contribution in [1.29, 1.82) is 0 Å². The summed E-state index contributed by atoms with van der Waals surface area (Å²) in [6.07, 6.45) is 1.91. The summed E-state index contributed by atoms with van der Waals surface area (Å²) < 4.78 is 5.25. The van der Waals surface area contributed by atoms with Crippen LogP contribution in [0.4, 0.5) is 11.4 Å². The van der Waals surface area contributed by atoms with Gasteiger partial charge < -0.3 is 15.4 Å². The SMILES string of the molecule is COc1cc(C(=O)Nc2cccc(NC(=O)C3CC3)c2)ccc1C. The number of amides is 2. The highest BCUT2D eigenvalue weighted by Crippen LogP contribution is 2.30. The molecule has 0 unspecified atom stereocenters. The lowest BCUT2D eigenvalue weighted by Gasteiger charge is -2.10. The second-order valence-electron chi connectivity index (χ2n) is 5.98. The molecule has 1 aliphatic carbocycles. The third-order valence-electron chi connectivity index (χ3n) is 4.01. The summed E-state index contributed by atoms with van der Waals surface area (Å²) in [4.78, 5) is 24.2. The van der Waals surface area contributed by atoms with Crippen molar-refractivity contribution in [3.63, 3.8) is 0 Å². The summed E-state index contributed by atoms with van der Waals surface area (Å²) in [5.41, 5.74) is 2.81. The van der Waals surface area contributed by atoms with Crippen molar-refractivity contribution in [3.05, 3.63) is 53.6 Å². The van der Waals surface area contributed by atoms with Crippen LogP contribution in [-0.4, -0.2) is 18.9 Å². The molecule has 0 heterocycles. The molecule has 0 saturated heterocycles. The maximum atomic E-state index is 12.4. The van der Waals surface area contributed by atoms with E-state index >= 15 is 0 Å². The number of carbonyl (C=O) groups excluding carboxylic acids is 2. The molecule has 1 fully saturated rings. The van der Waals surface area contributed by atoms with Gasteiger partial charge in [-0.2, -0.15) is 0 Å². The molecular weight excluding hydrogens is 304 g/mol. The molecule has 2 aromatic rings. The fourth-order valence-electron chi connectivity index (χ4n) is 2.43. The maximum absolute atomic E-state index is 12.4. The molecule has 0 aromatic heterocycles. The fourth-order valence-corrected chi connectivity index (χ4v) is 2.43. The number of methoxy groups -OCH3 is 1. The van der Waals surface area contributed by atoms with Gasteiger partial charge in [-0.15, -0.1) is 0 Å². The van der Waals surface area contributed by atoms with Crippen molar-refractivity contribution >= 4 is 23.2 Å². The van der Waals surface area contributed by atoms with Crippen LogP contribution in [-0.2, 0) is 4.79 Å². The summed E-state index contributed by atoms with van der Waals surface area (Å²) in [6, 6.07) is 12.5. The molecule has 2 aromatic carbocycles. The molecule has 0 bridgehead atoms. The molecule has 2 N–H and O–H groups in total. The van der Waals surface area contributed by atoms with Gasteiger partial charge in [-0.3, -0.25) is 9.59 Å². The Morgan fingerprint density at radius 3 is 2.42 bits per heavy atom. The Kier molecular flexibility index (Phi) is 4.51. The van der Waals surface area contributed by atoms with Crippen molar-refractivity contribution in [2.45, 2.75) is 19.8 Å². The Hall–Kier alpha value is -2.82. The van der Waals surface area contributed by atoms with E-state index in [4.69, 9.17) is 4.74 Å². The summed E-state index contributed by atoms with van der Waals surface area (Å²) in [5, 5.41) is 5.71. The minimum Gasteiger partial charge on any atom is -0.496 e. The molecule has 3 rings (SSSR count). The summed E-state index contributed by atoms with van der Waals surface area (Å²) in [5.74, 6) is 0.636. The van der Waals surface area contributed by atoms with Crippen LogP contribution in [0.15, 0.2) is 42.5 Å². The highest BCUT2D eigenvalue weighted by molar-refractivity contribution is 6.05. The predicted octanol–water partition coefficient (Wildman–Crippen LogP) is 3.60. The zero-order chi connectivity index (χ0) is 17.1. The zero-order valence-electron chi connectivity index (χ0n) is 13.8. The van der Waals surface area contributed by atoms with Gasteiger partial charge >= 0.3 is 0 Å². The van der Waals surface area contributed by atoms with Crippen molar-refractivity contribution in [2.24, 2.45) is 5.92 Å². The Morgan fingerprint density at radius 2 is 1.75 bits per heavy atom. The van der Waals surface area contributed by atoms with Crippen LogP contribution in [0.25, 0.3) is 0 Å². The Balaban J connectivity index is 1.70. The van der Waals surface area contributed by atoms with E-state index in [1.165, 1.54) is 0 Å². The van der Waals surface area contributed by atoms with Gasteiger partial charge in [-0.05, 0) is 55.7 Å². The molecule has 5 nitrogen and oxygen atoms in total. The van der Waals surface area contributed by atoms with E-state index in [1.54, 1.807) is 37.4 Å². The number of rotatable bonds is 5. The van der Waals surface area contributed by atoms with Gasteiger partial charge in [-0.25, -0.2) is 0 Å². The summed E-state index contributed by atoms with van der Waals surface area (Å²) in [6.45, 7) is 1.92. The van der Waals surface area contributed by atoms with Crippen LogP contribution < -0.4 is 15.4 Å². The van der Waals surface area contributed by atoms with Crippen LogP contribution in [0, 0.1) is 12.8 Å².